The van der Waals surface area contributed by atoms with E-state index in [9.17, 15) is 4.79 Å². The summed E-state index contributed by atoms with van der Waals surface area (Å²) in [5.74, 6) is 0.200. The largest absolute Gasteiger partial charge is 0.383 e. The number of amides is 1. The lowest BCUT2D eigenvalue weighted by molar-refractivity contribution is -0.118. The molecule has 0 spiro atoms. The van der Waals surface area contributed by atoms with Gasteiger partial charge in [-0.15, -0.1) is 12.4 Å². The lowest BCUT2D eigenvalue weighted by Crippen LogP contribution is -2.39. The van der Waals surface area contributed by atoms with E-state index in [-0.39, 0.29) is 24.9 Å². The molecule has 0 aliphatic rings. The van der Waals surface area contributed by atoms with Gasteiger partial charge in [-0.25, -0.2) is 4.98 Å². The number of nitrogens with two attached hydrogens (primary N) is 1. The number of carbonyl (C=O) groups excluding carboxylic acids is 1. The number of carbonyl (C=O) groups is 1. The van der Waals surface area contributed by atoms with E-state index in [0.29, 0.717) is 11.5 Å². The molecule has 0 saturated carbocycles. The minimum Gasteiger partial charge on any atom is -0.383 e. The summed E-state index contributed by atoms with van der Waals surface area (Å²) in [5.41, 5.74) is 6.27. The Morgan fingerprint density at radius 3 is 3.06 bits per heavy atom. The molecule has 1 amide bonds. The first-order valence-corrected chi connectivity index (χ1v) is 5.06. The van der Waals surface area contributed by atoms with Crippen LogP contribution in [0.1, 0.15) is 0 Å². The van der Waals surface area contributed by atoms with Crippen LogP contribution in [0.25, 0.3) is 5.65 Å². The minimum absolute atomic E-state index is 0. The van der Waals surface area contributed by atoms with Crippen LogP contribution in [-0.2, 0) is 9.53 Å². The molecule has 2 heterocycles. The van der Waals surface area contributed by atoms with Crippen molar-refractivity contribution in [2.24, 2.45) is 5.73 Å². The van der Waals surface area contributed by atoms with Gasteiger partial charge in [-0.3, -0.25) is 4.79 Å². The van der Waals surface area contributed by atoms with Gasteiger partial charge >= 0.3 is 0 Å². The molecule has 2 aromatic heterocycles. The molecule has 0 saturated heterocycles. The van der Waals surface area contributed by atoms with Gasteiger partial charge in [0.25, 0.3) is 0 Å². The molecule has 7 nitrogen and oxygen atoms in total. The van der Waals surface area contributed by atoms with Gasteiger partial charge in [0.05, 0.1) is 12.8 Å². The summed E-state index contributed by atoms with van der Waals surface area (Å²) in [6, 6.07) is 2.68. The van der Waals surface area contributed by atoms with Gasteiger partial charge in [-0.05, 0) is 6.07 Å². The molecule has 0 aliphatic heterocycles. The number of hydrogen-bond donors (Lipinski definition) is 2. The van der Waals surface area contributed by atoms with Gasteiger partial charge in [0.15, 0.2) is 5.65 Å². The number of rotatable bonds is 4. The molecule has 1 atom stereocenters. The summed E-state index contributed by atoms with van der Waals surface area (Å²) in [7, 11) is 1.49. The third-order valence-electron chi connectivity index (χ3n) is 2.22. The molecule has 2 aromatic rings. The van der Waals surface area contributed by atoms with E-state index in [1.165, 1.54) is 11.6 Å². The fraction of sp³-hybridized carbons (Fsp3) is 0.300. The van der Waals surface area contributed by atoms with Crippen molar-refractivity contribution < 1.29 is 9.53 Å². The normalized spacial score (nSPS) is 11.9. The molecule has 8 heteroatoms. The van der Waals surface area contributed by atoms with Crippen LogP contribution in [0, 0.1) is 0 Å². The minimum atomic E-state index is -0.709. The molecular formula is C10H14ClN5O2. The second kappa shape index (κ2) is 6.29. The Bertz CT molecular complexity index is 530. The quantitative estimate of drug-likeness (QED) is 0.820. The van der Waals surface area contributed by atoms with Crippen LogP contribution in [0.5, 0.6) is 0 Å². The van der Waals surface area contributed by atoms with Crippen LogP contribution in [0.2, 0.25) is 0 Å². The van der Waals surface area contributed by atoms with Crippen molar-refractivity contribution in [2.75, 3.05) is 19.0 Å². The zero-order valence-corrected chi connectivity index (χ0v) is 10.6. The Morgan fingerprint density at radius 1 is 1.56 bits per heavy atom. The molecule has 2 rings (SSSR count). The average molecular weight is 272 g/mol. The van der Waals surface area contributed by atoms with E-state index in [1.807, 2.05) is 0 Å². The Morgan fingerprint density at radius 2 is 2.33 bits per heavy atom. The molecule has 3 N–H and O–H groups in total. The van der Waals surface area contributed by atoms with Crippen molar-refractivity contribution in [1.82, 2.24) is 14.6 Å². The first-order chi connectivity index (χ1) is 8.22. The van der Waals surface area contributed by atoms with E-state index >= 15 is 0 Å². The Labute approximate surface area is 110 Å². The predicted molar refractivity (Wildman–Crippen MR) is 68.7 cm³/mol. The summed E-state index contributed by atoms with van der Waals surface area (Å²) in [6.45, 7) is 0.166. The van der Waals surface area contributed by atoms with E-state index < -0.39 is 6.04 Å². The van der Waals surface area contributed by atoms with Crippen LogP contribution in [-0.4, -0.2) is 40.3 Å². The topological polar surface area (TPSA) is 94.5 Å². The number of ether oxygens (including phenoxy) is 1. The number of nitrogens with one attached hydrogen (secondary N) is 1. The molecule has 0 fully saturated rings. The number of anilines is 1. The first kappa shape index (κ1) is 14.4. The fourth-order valence-electron chi connectivity index (χ4n) is 1.40. The van der Waals surface area contributed by atoms with Gasteiger partial charge in [-0.1, -0.05) is 0 Å². The Hall–Kier alpha value is -1.70. The van der Waals surface area contributed by atoms with Crippen LogP contribution in [0.3, 0.4) is 0 Å². The second-order valence-corrected chi connectivity index (χ2v) is 3.48. The van der Waals surface area contributed by atoms with Gasteiger partial charge < -0.3 is 15.8 Å². The maximum absolute atomic E-state index is 11.7. The summed E-state index contributed by atoms with van der Waals surface area (Å²) < 4.78 is 6.34. The van der Waals surface area contributed by atoms with E-state index in [2.05, 4.69) is 15.4 Å². The van der Waals surface area contributed by atoms with Crippen molar-refractivity contribution in [3.05, 3.63) is 24.5 Å². The Kier molecular flexibility index (Phi) is 5.02. The number of methoxy groups -OCH3 is 1. The third-order valence-corrected chi connectivity index (χ3v) is 2.22. The highest BCUT2D eigenvalue weighted by atomic mass is 35.5. The SMILES string of the molecule is COCC(N)C(=O)Nc1ccnc2ccnn12.Cl. The number of halogens is 1. The smallest absolute Gasteiger partial charge is 0.244 e. The van der Waals surface area contributed by atoms with Crippen LogP contribution in [0.4, 0.5) is 5.82 Å². The van der Waals surface area contributed by atoms with Gasteiger partial charge in [0, 0.05) is 19.4 Å². The third kappa shape index (κ3) is 2.95. The van der Waals surface area contributed by atoms with Crippen molar-refractivity contribution in [1.29, 1.82) is 0 Å². The van der Waals surface area contributed by atoms with Crippen molar-refractivity contribution in [2.45, 2.75) is 6.04 Å². The van der Waals surface area contributed by atoms with Gasteiger partial charge in [0.1, 0.15) is 11.9 Å². The molecular weight excluding hydrogens is 258 g/mol. The average Bonchev–Trinajstić information content (AvgIpc) is 2.78. The molecule has 0 aliphatic carbocycles. The first-order valence-electron chi connectivity index (χ1n) is 5.06. The molecule has 18 heavy (non-hydrogen) atoms. The van der Waals surface area contributed by atoms with E-state index in [4.69, 9.17) is 10.5 Å². The maximum atomic E-state index is 11.7. The van der Waals surface area contributed by atoms with Crippen LogP contribution in [0.15, 0.2) is 24.5 Å². The molecule has 98 valence electrons. The molecule has 0 bridgehead atoms. The highest BCUT2D eigenvalue weighted by Crippen LogP contribution is 2.08. The zero-order chi connectivity index (χ0) is 12.3. The maximum Gasteiger partial charge on any atom is 0.244 e. The summed E-state index contributed by atoms with van der Waals surface area (Å²) in [5, 5.41) is 6.72. The summed E-state index contributed by atoms with van der Waals surface area (Å²) >= 11 is 0. The number of nitrogens with zero attached hydrogens (tertiary/aromatic N) is 3. The van der Waals surface area contributed by atoms with Crippen molar-refractivity contribution >= 4 is 29.8 Å². The van der Waals surface area contributed by atoms with Gasteiger partial charge in [0.2, 0.25) is 5.91 Å². The van der Waals surface area contributed by atoms with Crippen LogP contribution < -0.4 is 11.1 Å². The number of fused-ring (bicyclic) bond motifs is 1. The number of aromatic nitrogens is 3. The second-order valence-electron chi connectivity index (χ2n) is 3.48. The van der Waals surface area contributed by atoms with E-state index in [0.717, 1.165) is 0 Å². The standard InChI is InChI=1S/C10H13N5O2.ClH/c1-17-6-7(11)10(16)14-9-2-4-12-8-3-5-13-15(8)9;/h2-5,7H,6,11H2,1H3,(H,14,16);1H. The highest BCUT2D eigenvalue weighted by Gasteiger charge is 2.14. The number of hydrogen-bond acceptors (Lipinski definition) is 5. The summed E-state index contributed by atoms with van der Waals surface area (Å²) in [4.78, 5) is 15.8. The zero-order valence-electron chi connectivity index (χ0n) is 9.74. The monoisotopic (exact) mass is 271 g/mol. The molecule has 1 unspecified atom stereocenters. The highest BCUT2D eigenvalue weighted by molar-refractivity contribution is 5.94. The van der Waals surface area contributed by atoms with Crippen LogP contribution >= 0.6 is 12.4 Å². The lowest BCUT2D eigenvalue weighted by atomic mass is 10.3. The molecule has 0 aromatic carbocycles. The fourth-order valence-corrected chi connectivity index (χ4v) is 1.40. The molecule has 0 radical (unpaired) electrons. The van der Waals surface area contributed by atoms with Crippen molar-refractivity contribution in [3.63, 3.8) is 0 Å². The van der Waals surface area contributed by atoms with Gasteiger partial charge in [-0.2, -0.15) is 9.61 Å². The van der Waals surface area contributed by atoms with Crippen molar-refractivity contribution in [3.8, 4) is 0 Å². The Balaban J connectivity index is 0.00000162. The summed E-state index contributed by atoms with van der Waals surface area (Å²) in [6.07, 6.45) is 3.20. The predicted octanol–water partition coefficient (Wildman–Crippen LogP) is 0.0633. The lowest BCUT2D eigenvalue weighted by Gasteiger charge is -2.11. The van der Waals surface area contributed by atoms with E-state index in [1.54, 1.807) is 24.5 Å².